The molecule has 1 aliphatic carbocycles. The van der Waals surface area contributed by atoms with Crippen molar-refractivity contribution in [3.8, 4) is 0 Å². The highest BCUT2D eigenvalue weighted by atomic mass is 16.5. The summed E-state index contributed by atoms with van der Waals surface area (Å²) in [7, 11) is 0. The average molecular weight is 170 g/mol. The van der Waals surface area contributed by atoms with Gasteiger partial charge in [0, 0.05) is 0 Å². The van der Waals surface area contributed by atoms with Gasteiger partial charge in [-0.3, -0.25) is 0 Å². The quantitative estimate of drug-likeness (QED) is 0.647. The largest absolute Gasteiger partial charge is 0.393 e. The molecule has 0 radical (unpaired) electrons. The van der Waals surface area contributed by atoms with Gasteiger partial charge in [-0.2, -0.15) is 0 Å². The van der Waals surface area contributed by atoms with Gasteiger partial charge >= 0.3 is 0 Å². The third-order valence-corrected chi connectivity index (χ3v) is 4.08. The maximum atomic E-state index is 9.25. The van der Waals surface area contributed by atoms with Gasteiger partial charge in [0.05, 0.1) is 17.8 Å². The molecule has 1 saturated heterocycles. The van der Waals surface area contributed by atoms with E-state index in [1.165, 1.54) is 6.42 Å². The third kappa shape index (κ3) is 0.826. The monoisotopic (exact) mass is 170 g/mol. The topological polar surface area (TPSA) is 29.5 Å². The molecule has 1 unspecified atom stereocenters. The molecule has 2 bridgehead atoms. The van der Waals surface area contributed by atoms with E-state index in [9.17, 15) is 5.11 Å². The van der Waals surface area contributed by atoms with Crippen LogP contribution in [0.2, 0.25) is 0 Å². The van der Waals surface area contributed by atoms with Gasteiger partial charge in [-0.15, -0.1) is 0 Å². The zero-order valence-corrected chi connectivity index (χ0v) is 8.13. The molecule has 2 heteroatoms. The lowest BCUT2D eigenvalue weighted by Crippen LogP contribution is -2.41. The van der Waals surface area contributed by atoms with Crippen molar-refractivity contribution < 1.29 is 9.84 Å². The molecule has 2 rings (SSSR count). The highest BCUT2D eigenvalue weighted by molar-refractivity contribution is 5.08. The zero-order valence-electron chi connectivity index (χ0n) is 8.13. The lowest BCUT2D eigenvalue weighted by Gasteiger charge is -2.35. The molecule has 12 heavy (non-hydrogen) atoms. The van der Waals surface area contributed by atoms with Gasteiger partial charge in [0.1, 0.15) is 0 Å². The Kier molecular flexibility index (Phi) is 1.59. The second kappa shape index (κ2) is 2.24. The van der Waals surface area contributed by atoms with Crippen molar-refractivity contribution in [2.24, 2.45) is 11.8 Å². The average Bonchev–Trinajstić information content (AvgIpc) is 2.38. The Labute approximate surface area is 73.9 Å². The SMILES string of the molecule is CC1[C@H]2CC[C@]1(C)O[C@]2(C)CO. The summed E-state index contributed by atoms with van der Waals surface area (Å²) < 4.78 is 5.95. The number of fused-ring (bicyclic) bond motifs is 2. The lowest BCUT2D eigenvalue weighted by molar-refractivity contribution is -0.144. The highest BCUT2D eigenvalue weighted by Crippen LogP contribution is 2.56. The van der Waals surface area contributed by atoms with E-state index >= 15 is 0 Å². The number of rotatable bonds is 1. The predicted octanol–water partition coefficient (Wildman–Crippen LogP) is 1.57. The number of hydrogen-bond donors (Lipinski definition) is 1. The Morgan fingerprint density at radius 2 is 2.17 bits per heavy atom. The van der Waals surface area contributed by atoms with Crippen LogP contribution >= 0.6 is 0 Å². The highest BCUT2D eigenvalue weighted by Gasteiger charge is 2.60. The first-order valence-electron chi connectivity index (χ1n) is 4.83. The van der Waals surface area contributed by atoms with Crippen LogP contribution in [0.4, 0.5) is 0 Å². The minimum Gasteiger partial charge on any atom is -0.393 e. The van der Waals surface area contributed by atoms with Crippen LogP contribution in [0.3, 0.4) is 0 Å². The normalized spacial score (nSPS) is 58.0. The molecule has 1 aliphatic heterocycles. The first-order chi connectivity index (χ1) is 5.52. The fraction of sp³-hybridized carbons (Fsp3) is 1.00. The fourth-order valence-electron chi connectivity index (χ4n) is 3.08. The van der Waals surface area contributed by atoms with Crippen molar-refractivity contribution in [1.29, 1.82) is 0 Å². The predicted molar refractivity (Wildman–Crippen MR) is 46.9 cm³/mol. The van der Waals surface area contributed by atoms with E-state index in [0.29, 0.717) is 11.8 Å². The van der Waals surface area contributed by atoms with Crippen LogP contribution in [0.25, 0.3) is 0 Å². The van der Waals surface area contributed by atoms with Gasteiger partial charge in [0.15, 0.2) is 0 Å². The maximum Gasteiger partial charge on any atom is 0.0923 e. The molecular weight excluding hydrogens is 152 g/mol. The Balaban J connectivity index is 2.29. The molecule has 70 valence electrons. The van der Waals surface area contributed by atoms with Crippen LogP contribution in [-0.4, -0.2) is 22.9 Å². The first kappa shape index (κ1) is 8.52. The molecule has 0 spiro atoms. The summed E-state index contributed by atoms with van der Waals surface area (Å²) in [5.41, 5.74) is -0.214. The van der Waals surface area contributed by atoms with Crippen molar-refractivity contribution in [2.75, 3.05) is 6.61 Å². The van der Waals surface area contributed by atoms with E-state index in [2.05, 4.69) is 13.8 Å². The van der Waals surface area contributed by atoms with Gasteiger partial charge in [0.25, 0.3) is 0 Å². The summed E-state index contributed by atoms with van der Waals surface area (Å²) in [6.07, 6.45) is 2.38. The van der Waals surface area contributed by atoms with E-state index in [1.54, 1.807) is 0 Å². The number of aliphatic hydroxyl groups excluding tert-OH is 1. The summed E-state index contributed by atoms with van der Waals surface area (Å²) in [5.74, 6) is 1.17. The molecule has 1 saturated carbocycles. The second-order valence-corrected chi connectivity index (χ2v) is 4.82. The van der Waals surface area contributed by atoms with E-state index in [1.807, 2.05) is 6.92 Å². The Morgan fingerprint density at radius 1 is 1.50 bits per heavy atom. The van der Waals surface area contributed by atoms with Gasteiger partial charge in [-0.1, -0.05) is 6.92 Å². The smallest absolute Gasteiger partial charge is 0.0923 e. The Morgan fingerprint density at radius 3 is 2.42 bits per heavy atom. The van der Waals surface area contributed by atoms with E-state index in [0.717, 1.165) is 6.42 Å². The van der Waals surface area contributed by atoms with Gasteiger partial charge < -0.3 is 9.84 Å². The third-order valence-electron chi connectivity index (χ3n) is 4.08. The van der Waals surface area contributed by atoms with E-state index in [4.69, 9.17) is 4.74 Å². The number of hydrogen-bond acceptors (Lipinski definition) is 2. The van der Waals surface area contributed by atoms with E-state index in [-0.39, 0.29) is 17.8 Å². The van der Waals surface area contributed by atoms with Crippen LogP contribution in [0.5, 0.6) is 0 Å². The standard InChI is InChI=1S/C10H18O2/c1-7-8-4-5-9(7,2)12-10(8,3)6-11/h7-8,11H,4-6H2,1-3H3/t7?,8-,9+,10-/m1/s1. The molecule has 1 heterocycles. The summed E-state index contributed by atoms with van der Waals surface area (Å²) in [5, 5.41) is 9.25. The molecule has 1 N–H and O–H groups in total. The maximum absolute atomic E-state index is 9.25. The van der Waals surface area contributed by atoms with Crippen molar-refractivity contribution >= 4 is 0 Å². The van der Waals surface area contributed by atoms with Crippen LogP contribution < -0.4 is 0 Å². The molecule has 4 atom stereocenters. The Bertz CT molecular complexity index is 204. The van der Waals surface area contributed by atoms with Crippen LogP contribution in [0.1, 0.15) is 33.6 Å². The molecule has 0 aromatic carbocycles. The van der Waals surface area contributed by atoms with Crippen LogP contribution in [0.15, 0.2) is 0 Å². The summed E-state index contributed by atoms with van der Waals surface area (Å²) in [6, 6.07) is 0. The van der Waals surface area contributed by atoms with Crippen molar-refractivity contribution in [3.63, 3.8) is 0 Å². The van der Waals surface area contributed by atoms with Crippen LogP contribution in [0, 0.1) is 11.8 Å². The Hall–Kier alpha value is -0.0800. The first-order valence-corrected chi connectivity index (χ1v) is 4.83. The molecule has 0 amide bonds. The number of ether oxygens (including phenoxy) is 1. The van der Waals surface area contributed by atoms with Gasteiger partial charge in [0.2, 0.25) is 0 Å². The molecular formula is C10H18O2. The molecule has 2 nitrogen and oxygen atoms in total. The molecule has 0 aromatic rings. The van der Waals surface area contributed by atoms with Gasteiger partial charge in [-0.05, 0) is 38.5 Å². The molecule has 0 aromatic heterocycles. The van der Waals surface area contributed by atoms with Gasteiger partial charge in [-0.25, -0.2) is 0 Å². The minimum absolute atomic E-state index is 0.0438. The van der Waals surface area contributed by atoms with E-state index < -0.39 is 0 Å². The molecule has 2 fully saturated rings. The van der Waals surface area contributed by atoms with Crippen molar-refractivity contribution in [1.82, 2.24) is 0 Å². The summed E-state index contributed by atoms with van der Waals surface area (Å²) in [4.78, 5) is 0. The minimum atomic E-state index is -0.258. The summed E-state index contributed by atoms with van der Waals surface area (Å²) >= 11 is 0. The number of aliphatic hydroxyl groups is 1. The zero-order chi connectivity index (χ0) is 8.98. The van der Waals surface area contributed by atoms with Crippen molar-refractivity contribution in [3.05, 3.63) is 0 Å². The molecule has 2 aliphatic rings. The fourth-order valence-corrected chi connectivity index (χ4v) is 3.08. The van der Waals surface area contributed by atoms with Crippen molar-refractivity contribution in [2.45, 2.75) is 44.8 Å². The van der Waals surface area contributed by atoms with Crippen LogP contribution in [-0.2, 0) is 4.74 Å². The lowest BCUT2D eigenvalue weighted by atomic mass is 9.83. The second-order valence-electron chi connectivity index (χ2n) is 4.82. The summed E-state index contributed by atoms with van der Waals surface area (Å²) in [6.45, 7) is 6.63.